The van der Waals surface area contributed by atoms with Crippen LogP contribution in [0.5, 0.6) is 0 Å². The number of anilines is 1. The minimum absolute atomic E-state index is 0.0113. The van der Waals surface area contributed by atoms with E-state index in [0.717, 1.165) is 34.6 Å². The lowest BCUT2D eigenvalue weighted by Gasteiger charge is -2.30. The van der Waals surface area contributed by atoms with E-state index in [1.54, 1.807) is 41.3 Å². The molecule has 1 fully saturated rings. The summed E-state index contributed by atoms with van der Waals surface area (Å²) < 4.78 is 27.9. The van der Waals surface area contributed by atoms with Gasteiger partial charge in [-0.25, -0.2) is 8.42 Å². The summed E-state index contributed by atoms with van der Waals surface area (Å²) in [6.07, 6.45) is 1.04. The number of nitrogens with zero attached hydrogens (tertiary/aromatic N) is 1. The maximum atomic E-state index is 12.2. The van der Waals surface area contributed by atoms with Gasteiger partial charge in [-0.1, -0.05) is 0 Å². The van der Waals surface area contributed by atoms with E-state index in [0.29, 0.717) is 11.3 Å². The van der Waals surface area contributed by atoms with Crippen molar-refractivity contribution < 1.29 is 13.2 Å². The summed E-state index contributed by atoms with van der Waals surface area (Å²) in [5, 5.41) is 0. The smallest absolute Gasteiger partial charge is 0.271 e. The predicted octanol–water partition coefficient (Wildman–Crippen LogP) is 3.16. The zero-order valence-electron chi connectivity index (χ0n) is 11.5. The molecule has 1 aromatic carbocycles. The van der Waals surface area contributed by atoms with Crippen molar-refractivity contribution in [2.45, 2.75) is 10.6 Å². The van der Waals surface area contributed by atoms with Gasteiger partial charge in [0.05, 0.1) is 3.79 Å². The third kappa shape index (κ3) is 3.18. The van der Waals surface area contributed by atoms with Gasteiger partial charge in [-0.15, -0.1) is 11.3 Å². The molecule has 3 rings (SSSR count). The summed E-state index contributed by atoms with van der Waals surface area (Å²) in [4.78, 5) is 13.8. The first kappa shape index (κ1) is 15.5. The molecule has 2 heterocycles. The Morgan fingerprint density at radius 2 is 1.82 bits per heavy atom. The maximum Gasteiger partial charge on any atom is 0.271 e. The summed E-state index contributed by atoms with van der Waals surface area (Å²) in [5.74, 6) is -0.0113. The second-order valence-corrected chi connectivity index (χ2v) is 9.26. The summed E-state index contributed by atoms with van der Waals surface area (Å²) in [6, 6.07) is 9.72. The molecule has 1 N–H and O–H groups in total. The number of likely N-dealkylation sites (tertiary alicyclic amines) is 1. The first-order valence-corrected chi connectivity index (χ1v) is 9.72. The molecular weight excluding hydrogens is 388 g/mol. The standard InChI is InChI=1S/C14H13BrN2O3S2/c15-12-6-7-13(21-12)22(19,20)16-11-4-2-10(3-5-11)14(18)17-8-1-9-17/h2-7,16H,1,8-9H2. The van der Waals surface area contributed by atoms with Gasteiger partial charge in [0.1, 0.15) is 4.21 Å². The monoisotopic (exact) mass is 400 g/mol. The quantitative estimate of drug-likeness (QED) is 0.856. The zero-order valence-corrected chi connectivity index (χ0v) is 14.7. The van der Waals surface area contributed by atoms with Crippen molar-refractivity contribution in [3.8, 4) is 0 Å². The van der Waals surface area contributed by atoms with Gasteiger partial charge in [0.2, 0.25) is 0 Å². The van der Waals surface area contributed by atoms with Crippen LogP contribution in [-0.2, 0) is 10.0 Å². The zero-order chi connectivity index (χ0) is 15.7. The highest BCUT2D eigenvalue weighted by Crippen LogP contribution is 2.27. The first-order valence-electron chi connectivity index (χ1n) is 6.63. The molecule has 1 amide bonds. The van der Waals surface area contributed by atoms with Crippen LogP contribution in [0.15, 0.2) is 44.4 Å². The van der Waals surface area contributed by atoms with E-state index in [1.807, 2.05) is 0 Å². The number of thiophene rings is 1. The number of rotatable bonds is 4. The average molecular weight is 401 g/mol. The van der Waals surface area contributed by atoms with E-state index in [4.69, 9.17) is 0 Å². The first-order chi connectivity index (χ1) is 10.5. The minimum Gasteiger partial charge on any atom is -0.339 e. The lowest BCUT2D eigenvalue weighted by Crippen LogP contribution is -2.41. The number of carbonyl (C=O) groups excluding carboxylic acids is 1. The fourth-order valence-corrected chi connectivity index (χ4v) is 5.10. The summed E-state index contributed by atoms with van der Waals surface area (Å²) >= 11 is 4.39. The van der Waals surface area contributed by atoms with Crippen LogP contribution in [0.3, 0.4) is 0 Å². The van der Waals surface area contributed by atoms with E-state index in [9.17, 15) is 13.2 Å². The van der Waals surface area contributed by atoms with Crippen LogP contribution >= 0.6 is 27.3 Å². The number of amides is 1. The Morgan fingerprint density at radius 1 is 1.14 bits per heavy atom. The van der Waals surface area contributed by atoms with E-state index < -0.39 is 10.0 Å². The third-order valence-corrected chi connectivity index (χ3v) is 6.84. The Hall–Kier alpha value is -1.38. The average Bonchev–Trinajstić information content (AvgIpc) is 2.85. The molecule has 0 unspecified atom stereocenters. The van der Waals surface area contributed by atoms with Crippen molar-refractivity contribution in [1.29, 1.82) is 0 Å². The van der Waals surface area contributed by atoms with Crippen molar-refractivity contribution in [2.24, 2.45) is 0 Å². The number of halogens is 1. The van der Waals surface area contributed by atoms with Gasteiger partial charge >= 0.3 is 0 Å². The van der Waals surface area contributed by atoms with Gasteiger partial charge in [0, 0.05) is 24.3 Å². The van der Waals surface area contributed by atoms with Gasteiger partial charge in [-0.3, -0.25) is 9.52 Å². The second-order valence-electron chi connectivity index (χ2n) is 4.89. The summed E-state index contributed by atoms with van der Waals surface area (Å²) in [6.45, 7) is 1.58. The van der Waals surface area contributed by atoms with Gasteiger partial charge in [0.25, 0.3) is 15.9 Å². The number of sulfonamides is 1. The van der Waals surface area contributed by atoms with Crippen molar-refractivity contribution in [2.75, 3.05) is 17.8 Å². The van der Waals surface area contributed by atoms with Crippen LogP contribution in [0.4, 0.5) is 5.69 Å². The fourth-order valence-electron chi connectivity index (χ4n) is 2.03. The van der Waals surface area contributed by atoms with Gasteiger partial charge in [0.15, 0.2) is 0 Å². The SMILES string of the molecule is O=C(c1ccc(NS(=O)(=O)c2ccc(Br)s2)cc1)N1CCC1. The number of carbonyl (C=O) groups is 1. The lowest BCUT2D eigenvalue weighted by molar-refractivity contribution is 0.0652. The van der Waals surface area contributed by atoms with Crippen molar-refractivity contribution in [1.82, 2.24) is 4.90 Å². The molecule has 1 aliphatic rings. The molecule has 1 aliphatic heterocycles. The lowest BCUT2D eigenvalue weighted by atomic mass is 10.1. The third-order valence-electron chi connectivity index (χ3n) is 3.34. The molecule has 22 heavy (non-hydrogen) atoms. The van der Waals surface area contributed by atoms with Gasteiger partial charge in [-0.2, -0.15) is 0 Å². The Morgan fingerprint density at radius 3 is 2.32 bits per heavy atom. The predicted molar refractivity (Wildman–Crippen MR) is 89.8 cm³/mol. The molecule has 0 saturated carbocycles. The summed E-state index contributed by atoms with van der Waals surface area (Å²) in [7, 11) is -3.59. The van der Waals surface area contributed by atoms with Crippen LogP contribution < -0.4 is 4.72 Å². The van der Waals surface area contributed by atoms with Gasteiger partial charge < -0.3 is 4.90 Å². The molecule has 116 valence electrons. The molecule has 0 radical (unpaired) electrons. The Kier molecular flexibility index (Phi) is 4.24. The molecule has 1 aromatic heterocycles. The Balaban J connectivity index is 1.74. The van der Waals surface area contributed by atoms with Crippen LogP contribution in [-0.4, -0.2) is 32.3 Å². The minimum atomic E-state index is -3.59. The number of nitrogens with one attached hydrogen (secondary N) is 1. The summed E-state index contributed by atoms with van der Waals surface area (Å²) in [5.41, 5.74) is 1.01. The van der Waals surface area contributed by atoms with E-state index in [-0.39, 0.29) is 10.1 Å². The van der Waals surface area contributed by atoms with E-state index in [1.165, 1.54) is 0 Å². The van der Waals surface area contributed by atoms with E-state index in [2.05, 4.69) is 20.7 Å². The highest BCUT2D eigenvalue weighted by molar-refractivity contribution is 9.11. The van der Waals surface area contributed by atoms with Crippen LogP contribution in [0.1, 0.15) is 16.8 Å². The fraction of sp³-hybridized carbons (Fsp3) is 0.214. The number of benzene rings is 1. The molecule has 5 nitrogen and oxygen atoms in total. The highest BCUT2D eigenvalue weighted by atomic mass is 79.9. The van der Waals surface area contributed by atoms with E-state index >= 15 is 0 Å². The van der Waals surface area contributed by atoms with Crippen LogP contribution in [0.25, 0.3) is 0 Å². The second kappa shape index (κ2) is 6.02. The van der Waals surface area contributed by atoms with Crippen LogP contribution in [0.2, 0.25) is 0 Å². The normalized spacial score (nSPS) is 14.5. The van der Waals surface area contributed by atoms with Crippen LogP contribution in [0, 0.1) is 0 Å². The molecule has 1 saturated heterocycles. The Bertz CT molecular complexity index is 796. The molecule has 0 spiro atoms. The highest BCUT2D eigenvalue weighted by Gasteiger charge is 2.22. The Labute approximate surface area is 141 Å². The molecule has 0 bridgehead atoms. The topological polar surface area (TPSA) is 66.5 Å². The number of hydrogen-bond acceptors (Lipinski definition) is 4. The maximum absolute atomic E-state index is 12.2. The molecule has 2 aromatic rings. The van der Waals surface area contributed by atoms with Gasteiger partial charge in [-0.05, 0) is 58.7 Å². The van der Waals surface area contributed by atoms with Crippen molar-refractivity contribution >= 4 is 48.9 Å². The molecule has 0 atom stereocenters. The molecule has 8 heteroatoms. The van der Waals surface area contributed by atoms with Crippen molar-refractivity contribution in [3.63, 3.8) is 0 Å². The molecule has 0 aliphatic carbocycles. The number of hydrogen-bond donors (Lipinski definition) is 1. The largest absolute Gasteiger partial charge is 0.339 e. The molecular formula is C14H13BrN2O3S2. The van der Waals surface area contributed by atoms with Crippen molar-refractivity contribution in [3.05, 3.63) is 45.7 Å².